The lowest BCUT2D eigenvalue weighted by molar-refractivity contribution is -0.136. The number of hydrogen-bond donors (Lipinski definition) is 3. The molecule has 6 aliphatic rings. The fourth-order valence-corrected chi connectivity index (χ4v) is 10.1. The van der Waals surface area contributed by atoms with E-state index in [-0.39, 0.29) is 66.9 Å². The minimum absolute atomic E-state index is 0.00274. The number of carbonyl (C=O) groups is 7. The van der Waals surface area contributed by atoms with Crippen LogP contribution in [0.5, 0.6) is 5.75 Å². The average molecular weight is 920 g/mol. The van der Waals surface area contributed by atoms with Crippen LogP contribution in [0, 0.1) is 0 Å². The van der Waals surface area contributed by atoms with Crippen LogP contribution in [-0.2, 0) is 19.2 Å². The highest BCUT2D eigenvalue weighted by Crippen LogP contribution is 2.40. The van der Waals surface area contributed by atoms with Gasteiger partial charge in [0.1, 0.15) is 17.5 Å². The van der Waals surface area contributed by atoms with Crippen molar-refractivity contribution in [3.05, 3.63) is 71.9 Å². The van der Waals surface area contributed by atoms with E-state index in [0.717, 1.165) is 36.7 Å². The molecule has 0 radical (unpaired) electrons. The lowest BCUT2D eigenvalue weighted by Gasteiger charge is -2.38. The normalized spacial score (nSPS) is 22.9. The molecule has 1 aliphatic carbocycles. The van der Waals surface area contributed by atoms with Gasteiger partial charge in [-0.1, -0.05) is 25.5 Å². The first-order valence-corrected chi connectivity index (χ1v) is 22.9. The van der Waals surface area contributed by atoms with Crippen LogP contribution in [-0.4, -0.2) is 156 Å². The highest BCUT2D eigenvalue weighted by Gasteiger charge is 2.48. The number of aromatic nitrogens is 2. The maximum absolute atomic E-state index is 16.0. The van der Waals surface area contributed by atoms with Gasteiger partial charge in [-0.3, -0.25) is 48.7 Å². The second kappa shape index (κ2) is 18.4. The second-order valence-electron chi connectivity index (χ2n) is 18.0. The third-order valence-electron chi connectivity index (χ3n) is 13.9. The minimum Gasteiger partial charge on any atom is -0.495 e. The summed E-state index contributed by atoms with van der Waals surface area (Å²) in [4.78, 5) is 111. The van der Waals surface area contributed by atoms with Gasteiger partial charge in [-0.15, -0.1) is 0 Å². The number of alkyl halides is 1. The molecular formula is C47H54FN11O8. The Morgan fingerprint density at radius 2 is 1.70 bits per heavy atom. The Bertz CT molecular complexity index is 2540. The number of amides is 7. The third-order valence-corrected chi connectivity index (χ3v) is 13.9. The van der Waals surface area contributed by atoms with E-state index in [1.54, 1.807) is 36.4 Å². The first-order valence-electron chi connectivity index (χ1n) is 22.9. The van der Waals surface area contributed by atoms with Gasteiger partial charge in [0, 0.05) is 70.4 Å². The van der Waals surface area contributed by atoms with Crippen molar-refractivity contribution < 1.29 is 42.7 Å². The van der Waals surface area contributed by atoms with E-state index in [2.05, 4.69) is 32.4 Å². The van der Waals surface area contributed by atoms with Gasteiger partial charge in [0.2, 0.25) is 29.3 Å². The molecule has 20 heteroatoms. The molecule has 2 atom stereocenters. The first-order chi connectivity index (χ1) is 32.3. The number of halogens is 1. The number of piperidine rings is 2. The average Bonchev–Trinajstić information content (AvgIpc) is 3.95. The number of ether oxygens (including phenoxy) is 1. The number of likely N-dealkylation sites (tertiary alicyclic amines) is 1. The summed E-state index contributed by atoms with van der Waals surface area (Å²) in [5.41, 5.74) is 0.0490. The SMILES string of the molecule is C=C[C@]1(F)CN(C2CCCC2)c2nc(Nc3ccc(C(=O)NC4CCN(C(=O)CN5CCN(c6cccc7c6C(=O)N(C6CCC(=O)NC6=O)C7=O)CC5)CC4)cc3OC)ncc2N(C)C1=O. The topological polar surface area (TPSA) is 210 Å². The molecule has 67 heavy (non-hydrogen) atoms. The Balaban J connectivity index is 0.767. The van der Waals surface area contributed by atoms with Crippen LogP contribution in [0.25, 0.3) is 0 Å². The molecule has 3 N–H and O–H groups in total. The number of piperazine rings is 1. The van der Waals surface area contributed by atoms with Crippen LogP contribution in [0.15, 0.2) is 55.3 Å². The van der Waals surface area contributed by atoms with E-state index in [0.29, 0.717) is 86.3 Å². The molecule has 19 nitrogen and oxygen atoms in total. The molecule has 7 amide bonds. The van der Waals surface area contributed by atoms with Gasteiger partial charge in [-0.25, -0.2) is 9.37 Å². The predicted molar refractivity (Wildman–Crippen MR) is 244 cm³/mol. The van der Waals surface area contributed by atoms with Gasteiger partial charge in [-0.2, -0.15) is 4.98 Å². The highest BCUT2D eigenvalue weighted by atomic mass is 19.1. The van der Waals surface area contributed by atoms with Gasteiger partial charge in [-0.05, 0) is 68.5 Å². The van der Waals surface area contributed by atoms with E-state index in [1.165, 1.54) is 25.3 Å². The van der Waals surface area contributed by atoms with Crippen molar-refractivity contribution in [1.82, 2.24) is 35.3 Å². The van der Waals surface area contributed by atoms with Gasteiger partial charge < -0.3 is 35.0 Å². The predicted octanol–water partition coefficient (Wildman–Crippen LogP) is 2.79. The van der Waals surface area contributed by atoms with Crippen LogP contribution < -0.4 is 35.4 Å². The third kappa shape index (κ3) is 8.65. The molecule has 1 saturated carbocycles. The summed E-state index contributed by atoms with van der Waals surface area (Å²) in [7, 11) is 3.00. The summed E-state index contributed by atoms with van der Waals surface area (Å²) in [5, 5.41) is 8.52. The van der Waals surface area contributed by atoms with Crippen molar-refractivity contribution in [1.29, 1.82) is 0 Å². The zero-order chi connectivity index (χ0) is 47.1. The summed E-state index contributed by atoms with van der Waals surface area (Å²) >= 11 is 0. The number of rotatable bonds is 11. The van der Waals surface area contributed by atoms with Gasteiger partial charge >= 0.3 is 0 Å². The van der Waals surface area contributed by atoms with Crippen LogP contribution >= 0.6 is 0 Å². The number of carbonyl (C=O) groups excluding carboxylic acids is 7. The second-order valence-corrected chi connectivity index (χ2v) is 18.0. The maximum atomic E-state index is 16.0. The van der Waals surface area contributed by atoms with E-state index < -0.39 is 41.2 Å². The molecule has 0 bridgehead atoms. The molecule has 9 rings (SSSR count). The molecule has 352 valence electrons. The van der Waals surface area contributed by atoms with Crippen molar-refractivity contribution in [3.63, 3.8) is 0 Å². The monoisotopic (exact) mass is 919 g/mol. The molecule has 0 spiro atoms. The summed E-state index contributed by atoms with van der Waals surface area (Å²) in [6.07, 6.45) is 7.53. The standard InChI is InChI=1S/C47H54FN11O8/c1-4-47(48)27-58(30-8-5-6-9-30)40-35(54(2)45(47)66)25-49-46(53-40)51-32-13-12-28(24-36(32)67-3)41(62)50-29-16-18-57(19-17-29)38(61)26-55-20-22-56(23-21-55)33-11-7-10-31-39(33)44(65)59(43(31)64)34-14-15-37(60)52-42(34)63/h4,7,10-13,24-25,29-30,34H,1,5-6,8-9,14-23,26-27H2,2-3H3,(H,50,62)(H,49,51,53)(H,52,60,63)/t34?,47-/m0/s1. The molecule has 6 heterocycles. The van der Waals surface area contributed by atoms with Gasteiger partial charge in [0.05, 0.1) is 48.9 Å². The molecular weight excluding hydrogens is 866 g/mol. The number of benzene rings is 2. The van der Waals surface area contributed by atoms with Crippen molar-refractivity contribution in [2.24, 2.45) is 0 Å². The number of methoxy groups -OCH3 is 1. The summed E-state index contributed by atoms with van der Waals surface area (Å²) < 4.78 is 21.7. The van der Waals surface area contributed by atoms with Crippen molar-refractivity contribution in [3.8, 4) is 5.75 Å². The first kappa shape index (κ1) is 45.2. The fraction of sp³-hybridized carbons (Fsp3) is 0.468. The summed E-state index contributed by atoms with van der Waals surface area (Å²) in [6.45, 7) is 6.73. The Morgan fingerprint density at radius 1 is 0.955 bits per heavy atom. The number of nitrogens with zero attached hydrogens (tertiary/aromatic N) is 8. The van der Waals surface area contributed by atoms with Crippen molar-refractivity contribution in [2.75, 3.05) is 86.5 Å². The van der Waals surface area contributed by atoms with Gasteiger partial charge in [0.25, 0.3) is 23.6 Å². The maximum Gasteiger partial charge on any atom is 0.270 e. The molecule has 2 aromatic carbocycles. The Labute approximate surface area is 386 Å². The quantitative estimate of drug-likeness (QED) is 0.187. The number of anilines is 5. The van der Waals surface area contributed by atoms with Crippen molar-refractivity contribution in [2.45, 2.75) is 75.2 Å². The Hall–Kier alpha value is -6.96. The Kier molecular flexibility index (Phi) is 12.4. The van der Waals surface area contributed by atoms with E-state index >= 15 is 4.39 Å². The molecule has 3 saturated heterocycles. The Morgan fingerprint density at radius 3 is 2.40 bits per heavy atom. The zero-order valence-corrected chi connectivity index (χ0v) is 37.6. The number of hydrogen-bond acceptors (Lipinski definition) is 14. The van der Waals surface area contributed by atoms with E-state index in [9.17, 15) is 33.6 Å². The van der Waals surface area contributed by atoms with Crippen LogP contribution in [0.4, 0.5) is 33.2 Å². The van der Waals surface area contributed by atoms with Crippen LogP contribution in [0.1, 0.15) is 82.4 Å². The van der Waals surface area contributed by atoms with Crippen LogP contribution in [0.2, 0.25) is 0 Å². The molecule has 5 aliphatic heterocycles. The minimum atomic E-state index is -2.30. The van der Waals surface area contributed by atoms with Crippen molar-refractivity contribution >= 4 is 70.2 Å². The largest absolute Gasteiger partial charge is 0.495 e. The zero-order valence-electron chi connectivity index (χ0n) is 37.6. The number of fused-ring (bicyclic) bond motifs is 2. The van der Waals surface area contributed by atoms with E-state index in [1.807, 2.05) is 14.7 Å². The van der Waals surface area contributed by atoms with E-state index in [4.69, 9.17) is 9.72 Å². The lowest BCUT2D eigenvalue weighted by atomic mass is 10.0. The molecule has 1 unspecified atom stereocenters. The molecule has 4 fully saturated rings. The number of imide groups is 2. The lowest BCUT2D eigenvalue weighted by Crippen LogP contribution is -2.54. The van der Waals surface area contributed by atoms with Gasteiger partial charge in [0.15, 0.2) is 5.82 Å². The summed E-state index contributed by atoms with van der Waals surface area (Å²) in [5.74, 6) is -2.20. The smallest absolute Gasteiger partial charge is 0.270 e. The molecule has 1 aromatic heterocycles. The number of nitrogens with one attached hydrogen (secondary N) is 3. The summed E-state index contributed by atoms with van der Waals surface area (Å²) in [6, 6.07) is 8.87. The van der Waals surface area contributed by atoms with Crippen LogP contribution in [0.3, 0.4) is 0 Å². The highest BCUT2D eigenvalue weighted by molar-refractivity contribution is 6.25. The molecule has 3 aromatic rings. The fourth-order valence-electron chi connectivity index (χ4n) is 10.1.